The summed E-state index contributed by atoms with van der Waals surface area (Å²) in [5, 5.41) is 2.95. The first-order valence-electron chi connectivity index (χ1n) is 11.9. The van der Waals surface area contributed by atoms with Gasteiger partial charge in [-0.3, -0.25) is 9.59 Å². The standard InChI is InChI=1S/C26H30N2O5/c29-25(27-14-11-22-17-31-23-3-1-2-4-24(23)33-22)18-7-9-20(10-8-18)32-21-12-15-28(16-13-21)26(30)19-5-6-19/h1-4,7-10,19,21-22H,5-6,11-17H2,(H,27,29)/t22-/m1/s1. The Morgan fingerprint density at radius 3 is 2.42 bits per heavy atom. The van der Waals surface area contributed by atoms with E-state index in [4.69, 9.17) is 14.2 Å². The molecule has 0 unspecified atom stereocenters. The Morgan fingerprint density at radius 1 is 0.970 bits per heavy atom. The number of amides is 2. The molecule has 0 radical (unpaired) electrons. The molecule has 1 saturated carbocycles. The SMILES string of the molecule is O=C(NCC[C@@H]1COc2ccccc2O1)c1ccc(OC2CCN(C(=O)C3CC3)CC2)cc1. The van der Waals surface area contributed by atoms with Gasteiger partial charge in [-0.15, -0.1) is 0 Å². The molecule has 33 heavy (non-hydrogen) atoms. The zero-order valence-electron chi connectivity index (χ0n) is 18.7. The van der Waals surface area contributed by atoms with Crippen molar-refractivity contribution in [1.29, 1.82) is 0 Å². The number of piperidine rings is 1. The van der Waals surface area contributed by atoms with Gasteiger partial charge in [0.1, 0.15) is 24.6 Å². The van der Waals surface area contributed by atoms with Crippen LogP contribution in [0.4, 0.5) is 0 Å². The molecule has 7 nitrogen and oxygen atoms in total. The van der Waals surface area contributed by atoms with Crippen LogP contribution in [0.5, 0.6) is 17.2 Å². The number of para-hydroxylation sites is 2. The van der Waals surface area contributed by atoms with Crippen LogP contribution in [0.15, 0.2) is 48.5 Å². The van der Waals surface area contributed by atoms with E-state index in [1.54, 1.807) is 12.1 Å². The predicted octanol–water partition coefficient (Wildman–Crippen LogP) is 3.43. The van der Waals surface area contributed by atoms with Crippen molar-refractivity contribution in [2.75, 3.05) is 26.2 Å². The van der Waals surface area contributed by atoms with Crippen LogP contribution in [0, 0.1) is 5.92 Å². The molecule has 1 aliphatic carbocycles. The van der Waals surface area contributed by atoms with E-state index in [9.17, 15) is 9.59 Å². The average Bonchev–Trinajstić information content (AvgIpc) is 3.70. The van der Waals surface area contributed by atoms with Gasteiger partial charge in [0.15, 0.2) is 11.5 Å². The lowest BCUT2D eigenvalue weighted by molar-refractivity contribution is -0.134. The highest BCUT2D eigenvalue weighted by molar-refractivity contribution is 5.94. The van der Waals surface area contributed by atoms with Crippen molar-refractivity contribution in [3.05, 3.63) is 54.1 Å². The summed E-state index contributed by atoms with van der Waals surface area (Å²) in [4.78, 5) is 26.6. The Morgan fingerprint density at radius 2 is 1.70 bits per heavy atom. The average molecular weight is 451 g/mol. The number of ether oxygens (including phenoxy) is 3. The van der Waals surface area contributed by atoms with E-state index < -0.39 is 0 Å². The van der Waals surface area contributed by atoms with Gasteiger partial charge in [0.25, 0.3) is 5.91 Å². The molecule has 0 aromatic heterocycles. The van der Waals surface area contributed by atoms with Crippen molar-refractivity contribution in [2.45, 2.75) is 44.3 Å². The first-order valence-corrected chi connectivity index (χ1v) is 11.9. The Kier molecular flexibility index (Phi) is 6.37. The molecule has 3 aliphatic rings. The van der Waals surface area contributed by atoms with E-state index in [2.05, 4.69) is 5.32 Å². The fourth-order valence-corrected chi connectivity index (χ4v) is 4.31. The Labute approximate surface area is 194 Å². The molecular weight excluding hydrogens is 420 g/mol. The fourth-order valence-electron chi connectivity index (χ4n) is 4.31. The maximum absolute atomic E-state index is 12.5. The number of hydrogen-bond acceptors (Lipinski definition) is 5. The fraction of sp³-hybridized carbons (Fsp3) is 0.462. The molecule has 174 valence electrons. The van der Waals surface area contributed by atoms with E-state index in [-0.39, 0.29) is 24.0 Å². The monoisotopic (exact) mass is 450 g/mol. The van der Waals surface area contributed by atoms with Crippen molar-refractivity contribution >= 4 is 11.8 Å². The van der Waals surface area contributed by atoms with Gasteiger partial charge in [0.2, 0.25) is 5.91 Å². The second kappa shape index (κ2) is 9.73. The Bertz CT molecular complexity index is 980. The number of fused-ring (bicyclic) bond motifs is 1. The van der Waals surface area contributed by atoms with Gasteiger partial charge in [0, 0.05) is 50.4 Å². The third-order valence-corrected chi connectivity index (χ3v) is 6.42. The first-order chi connectivity index (χ1) is 16.2. The number of rotatable bonds is 7. The molecule has 2 amide bonds. The number of benzene rings is 2. The summed E-state index contributed by atoms with van der Waals surface area (Å²) in [5.74, 6) is 2.74. The van der Waals surface area contributed by atoms with Crippen molar-refractivity contribution in [3.8, 4) is 17.2 Å². The lowest BCUT2D eigenvalue weighted by atomic mass is 10.1. The molecule has 1 N–H and O–H groups in total. The number of hydrogen-bond donors (Lipinski definition) is 1. The zero-order chi connectivity index (χ0) is 22.6. The van der Waals surface area contributed by atoms with Gasteiger partial charge in [-0.1, -0.05) is 12.1 Å². The number of nitrogens with zero attached hydrogens (tertiary/aromatic N) is 1. The molecule has 5 rings (SSSR count). The molecule has 1 saturated heterocycles. The largest absolute Gasteiger partial charge is 0.490 e. The molecule has 0 bridgehead atoms. The van der Waals surface area contributed by atoms with E-state index in [0.717, 1.165) is 56.0 Å². The van der Waals surface area contributed by atoms with Gasteiger partial charge in [-0.2, -0.15) is 0 Å². The van der Waals surface area contributed by atoms with Gasteiger partial charge < -0.3 is 24.4 Å². The number of carbonyl (C=O) groups excluding carboxylic acids is 2. The lowest BCUT2D eigenvalue weighted by Gasteiger charge is -2.32. The van der Waals surface area contributed by atoms with Crippen LogP contribution >= 0.6 is 0 Å². The number of likely N-dealkylation sites (tertiary alicyclic amines) is 1. The summed E-state index contributed by atoms with van der Waals surface area (Å²) in [5.41, 5.74) is 0.596. The van der Waals surface area contributed by atoms with Crippen molar-refractivity contribution < 1.29 is 23.8 Å². The number of nitrogens with one attached hydrogen (secondary N) is 1. The van der Waals surface area contributed by atoms with E-state index >= 15 is 0 Å². The van der Waals surface area contributed by atoms with Crippen molar-refractivity contribution in [1.82, 2.24) is 10.2 Å². The van der Waals surface area contributed by atoms with Crippen LogP contribution in [-0.4, -0.2) is 55.2 Å². The minimum atomic E-state index is -0.120. The van der Waals surface area contributed by atoms with Crippen molar-refractivity contribution in [3.63, 3.8) is 0 Å². The highest BCUT2D eigenvalue weighted by atomic mass is 16.6. The summed E-state index contributed by atoms with van der Waals surface area (Å²) in [6.45, 7) is 2.52. The van der Waals surface area contributed by atoms with Crippen LogP contribution in [-0.2, 0) is 4.79 Å². The molecular formula is C26H30N2O5. The molecule has 2 heterocycles. The summed E-state index contributed by atoms with van der Waals surface area (Å²) in [6, 6.07) is 14.9. The second-order valence-corrected chi connectivity index (χ2v) is 8.98. The molecule has 0 spiro atoms. The van der Waals surface area contributed by atoms with Crippen LogP contribution < -0.4 is 19.5 Å². The quantitative estimate of drug-likeness (QED) is 0.700. The third kappa shape index (κ3) is 5.41. The smallest absolute Gasteiger partial charge is 0.251 e. The van der Waals surface area contributed by atoms with Crippen LogP contribution in [0.2, 0.25) is 0 Å². The Balaban J connectivity index is 1.03. The highest BCUT2D eigenvalue weighted by Crippen LogP contribution is 2.33. The minimum absolute atomic E-state index is 0.0815. The zero-order valence-corrected chi connectivity index (χ0v) is 18.7. The maximum Gasteiger partial charge on any atom is 0.251 e. The normalized spacial score (nSPS) is 20.2. The number of carbonyl (C=O) groups is 2. The maximum atomic E-state index is 12.5. The molecule has 1 atom stereocenters. The summed E-state index contributed by atoms with van der Waals surface area (Å²) in [6.07, 6.45) is 4.48. The molecule has 2 aromatic rings. The van der Waals surface area contributed by atoms with Gasteiger partial charge in [-0.05, 0) is 49.2 Å². The van der Waals surface area contributed by atoms with Crippen LogP contribution in [0.1, 0.15) is 42.5 Å². The lowest BCUT2D eigenvalue weighted by Crippen LogP contribution is -2.42. The minimum Gasteiger partial charge on any atom is -0.490 e. The molecule has 2 aromatic carbocycles. The van der Waals surface area contributed by atoms with Gasteiger partial charge in [-0.25, -0.2) is 0 Å². The summed E-state index contributed by atoms with van der Waals surface area (Å²) < 4.78 is 17.7. The van der Waals surface area contributed by atoms with Crippen LogP contribution in [0.25, 0.3) is 0 Å². The van der Waals surface area contributed by atoms with Crippen molar-refractivity contribution in [2.24, 2.45) is 5.92 Å². The Hall–Kier alpha value is -3.22. The van der Waals surface area contributed by atoms with E-state index in [1.807, 2.05) is 41.3 Å². The van der Waals surface area contributed by atoms with Gasteiger partial charge in [0.05, 0.1) is 0 Å². The van der Waals surface area contributed by atoms with Gasteiger partial charge >= 0.3 is 0 Å². The second-order valence-electron chi connectivity index (χ2n) is 8.98. The summed E-state index contributed by atoms with van der Waals surface area (Å²) >= 11 is 0. The molecule has 7 heteroatoms. The topological polar surface area (TPSA) is 77.1 Å². The third-order valence-electron chi connectivity index (χ3n) is 6.42. The van der Waals surface area contributed by atoms with E-state index in [1.165, 1.54) is 0 Å². The van der Waals surface area contributed by atoms with Crippen LogP contribution in [0.3, 0.4) is 0 Å². The summed E-state index contributed by atoms with van der Waals surface area (Å²) in [7, 11) is 0. The predicted molar refractivity (Wildman–Crippen MR) is 123 cm³/mol. The first kappa shape index (κ1) is 21.6. The van der Waals surface area contributed by atoms with E-state index in [0.29, 0.717) is 31.0 Å². The highest BCUT2D eigenvalue weighted by Gasteiger charge is 2.35. The molecule has 2 fully saturated rings. The molecule has 2 aliphatic heterocycles.